The predicted molar refractivity (Wildman–Crippen MR) is 67.9 cm³/mol. The van der Waals surface area contributed by atoms with Gasteiger partial charge in [0.15, 0.2) is 0 Å². The number of halogens is 3. The molecule has 100 valence electrons. The number of hydrogen-bond donors (Lipinski definition) is 0. The number of ether oxygens (including phenoxy) is 1. The van der Waals surface area contributed by atoms with Crippen molar-refractivity contribution in [1.29, 1.82) is 0 Å². The summed E-state index contributed by atoms with van der Waals surface area (Å²) in [6.45, 7) is 1.89. The summed E-state index contributed by atoms with van der Waals surface area (Å²) in [6.07, 6.45) is -4.02. The van der Waals surface area contributed by atoms with Gasteiger partial charge in [-0.3, -0.25) is 0 Å². The quantitative estimate of drug-likeness (QED) is 0.774. The summed E-state index contributed by atoms with van der Waals surface area (Å²) in [5.41, 5.74) is 2.39. The van der Waals surface area contributed by atoms with E-state index in [0.717, 1.165) is 16.7 Å². The van der Waals surface area contributed by atoms with Crippen LogP contribution in [0, 0.1) is 0 Å². The molecule has 0 aliphatic carbocycles. The van der Waals surface area contributed by atoms with Gasteiger partial charge in [0.05, 0.1) is 0 Å². The number of alkyl halides is 3. The number of rotatable bonds is 3. The molecule has 0 saturated carbocycles. The van der Waals surface area contributed by atoms with Crippen molar-refractivity contribution in [2.75, 3.05) is 0 Å². The van der Waals surface area contributed by atoms with Crippen molar-refractivity contribution in [2.24, 2.45) is 0 Å². The molecule has 0 saturated heterocycles. The van der Waals surface area contributed by atoms with Crippen LogP contribution >= 0.6 is 0 Å². The highest BCUT2D eigenvalue weighted by Crippen LogP contribution is 2.29. The molecule has 0 spiro atoms. The Morgan fingerprint density at radius 1 is 0.947 bits per heavy atom. The fourth-order valence-corrected chi connectivity index (χ4v) is 1.85. The minimum Gasteiger partial charge on any atom is -0.406 e. The fourth-order valence-electron chi connectivity index (χ4n) is 1.85. The molecule has 0 atom stereocenters. The van der Waals surface area contributed by atoms with Crippen LogP contribution in [0.5, 0.6) is 5.75 Å². The summed E-state index contributed by atoms with van der Waals surface area (Å²) in [5.74, 6) is -0.175. The third-order valence-electron chi connectivity index (χ3n) is 2.72. The van der Waals surface area contributed by atoms with Gasteiger partial charge in [-0.15, -0.1) is 13.2 Å². The first kappa shape index (κ1) is 13.5. The first-order valence-corrected chi connectivity index (χ1v) is 5.93. The Balaban J connectivity index is 2.42. The third kappa shape index (κ3) is 3.74. The largest absolute Gasteiger partial charge is 0.573 e. The number of aryl methyl sites for hydroxylation is 1. The van der Waals surface area contributed by atoms with Gasteiger partial charge in [0.2, 0.25) is 0 Å². The van der Waals surface area contributed by atoms with Crippen molar-refractivity contribution in [1.82, 2.24) is 0 Å². The Bertz CT molecular complexity index is 547. The summed E-state index contributed by atoms with van der Waals surface area (Å²) < 4.78 is 40.9. The van der Waals surface area contributed by atoms with Gasteiger partial charge in [-0.2, -0.15) is 0 Å². The molecule has 1 nitrogen and oxygen atoms in total. The third-order valence-corrected chi connectivity index (χ3v) is 2.72. The van der Waals surface area contributed by atoms with E-state index in [4.69, 9.17) is 0 Å². The Labute approximate surface area is 109 Å². The van der Waals surface area contributed by atoms with Crippen LogP contribution in [0.2, 0.25) is 0 Å². The Morgan fingerprint density at radius 2 is 1.63 bits per heavy atom. The number of hydrogen-bond acceptors (Lipinski definition) is 1. The van der Waals surface area contributed by atoms with Crippen LogP contribution in [-0.4, -0.2) is 6.36 Å². The molecule has 0 bridgehead atoms. The normalized spacial score (nSPS) is 11.4. The van der Waals surface area contributed by atoms with Crippen LogP contribution in [0.1, 0.15) is 12.5 Å². The van der Waals surface area contributed by atoms with Gasteiger partial charge in [0.1, 0.15) is 5.75 Å². The highest BCUT2D eigenvalue weighted by atomic mass is 19.4. The molecular weight excluding hydrogens is 253 g/mol. The fraction of sp³-hybridized carbons (Fsp3) is 0.200. The van der Waals surface area contributed by atoms with Gasteiger partial charge in [-0.1, -0.05) is 43.3 Å². The molecule has 0 heterocycles. The molecule has 2 aromatic rings. The average molecular weight is 266 g/mol. The van der Waals surface area contributed by atoms with Gasteiger partial charge < -0.3 is 4.74 Å². The zero-order valence-corrected chi connectivity index (χ0v) is 10.4. The second kappa shape index (κ2) is 5.34. The molecule has 0 aromatic heterocycles. The maximum Gasteiger partial charge on any atom is 0.573 e. The van der Waals surface area contributed by atoms with E-state index in [0.29, 0.717) is 6.42 Å². The van der Waals surface area contributed by atoms with Crippen LogP contribution < -0.4 is 4.74 Å². The van der Waals surface area contributed by atoms with E-state index in [-0.39, 0.29) is 5.75 Å². The van der Waals surface area contributed by atoms with E-state index in [2.05, 4.69) is 4.74 Å². The maximum atomic E-state index is 12.3. The lowest BCUT2D eigenvalue weighted by atomic mass is 10.0. The van der Waals surface area contributed by atoms with E-state index >= 15 is 0 Å². The van der Waals surface area contributed by atoms with Crippen LogP contribution in [0.15, 0.2) is 48.5 Å². The molecule has 0 aliphatic heterocycles. The SMILES string of the molecule is CCc1cc(OC(F)(F)F)cc(-c2ccccc2)c1. The zero-order chi connectivity index (χ0) is 13.9. The second-order valence-corrected chi connectivity index (χ2v) is 4.13. The maximum absolute atomic E-state index is 12.3. The van der Waals surface area contributed by atoms with Crippen molar-refractivity contribution < 1.29 is 17.9 Å². The molecule has 0 unspecified atom stereocenters. The van der Waals surface area contributed by atoms with Crippen LogP contribution in [-0.2, 0) is 6.42 Å². The monoisotopic (exact) mass is 266 g/mol. The Kier molecular flexibility index (Phi) is 3.79. The lowest BCUT2D eigenvalue weighted by molar-refractivity contribution is -0.274. The van der Waals surface area contributed by atoms with E-state index in [1.807, 2.05) is 43.3 Å². The molecular formula is C15H13F3O. The predicted octanol–water partition coefficient (Wildman–Crippen LogP) is 4.81. The Morgan fingerprint density at radius 3 is 2.21 bits per heavy atom. The van der Waals surface area contributed by atoms with Crippen molar-refractivity contribution in [3.63, 3.8) is 0 Å². The summed E-state index contributed by atoms with van der Waals surface area (Å²) in [4.78, 5) is 0. The molecule has 19 heavy (non-hydrogen) atoms. The minimum absolute atomic E-state index is 0.175. The van der Waals surface area contributed by atoms with Gasteiger partial charge >= 0.3 is 6.36 Å². The van der Waals surface area contributed by atoms with Crippen molar-refractivity contribution in [3.05, 3.63) is 54.1 Å². The molecule has 4 heteroatoms. The highest BCUT2D eigenvalue weighted by molar-refractivity contribution is 5.66. The topological polar surface area (TPSA) is 9.23 Å². The molecule has 2 rings (SSSR count). The molecule has 0 fully saturated rings. The van der Waals surface area contributed by atoms with Gasteiger partial charge in [-0.05, 0) is 35.2 Å². The smallest absolute Gasteiger partial charge is 0.406 e. The summed E-state index contributed by atoms with van der Waals surface area (Å²) in [6, 6.07) is 14.0. The van der Waals surface area contributed by atoms with E-state index in [1.54, 1.807) is 0 Å². The van der Waals surface area contributed by atoms with Crippen molar-refractivity contribution >= 4 is 0 Å². The van der Waals surface area contributed by atoms with Gasteiger partial charge in [-0.25, -0.2) is 0 Å². The second-order valence-electron chi connectivity index (χ2n) is 4.13. The molecule has 0 amide bonds. The minimum atomic E-state index is -4.67. The lowest BCUT2D eigenvalue weighted by Gasteiger charge is -2.12. The summed E-state index contributed by atoms with van der Waals surface area (Å²) in [5, 5.41) is 0. The van der Waals surface area contributed by atoms with Crippen LogP contribution in [0.3, 0.4) is 0 Å². The van der Waals surface area contributed by atoms with Gasteiger partial charge in [0.25, 0.3) is 0 Å². The standard InChI is InChI=1S/C15H13F3O/c1-2-11-8-13(12-6-4-3-5-7-12)10-14(9-11)19-15(16,17)18/h3-10H,2H2,1H3. The van der Waals surface area contributed by atoms with Crippen LogP contribution in [0.25, 0.3) is 11.1 Å². The number of benzene rings is 2. The van der Waals surface area contributed by atoms with E-state index in [1.165, 1.54) is 12.1 Å². The van der Waals surface area contributed by atoms with Crippen molar-refractivity contribution in [3.8, 4) is 16.9 Å². The molecule has 2 aromatic carbocycles. The first-order valence-electron chi connectivity index (χ1n) is 5.93. The molecule has 0 aliphatic rings. The first-order chi connectivity index (χ1) is 8.98. The molecule has 0 N–H and O–H groups in total. The van der Waals surface area contributed by atoms with E-state index < -0.39 is 6.36 Å². The summed E-state index contributed by atoms with van der Waals surface area (Å²) >= 11 is 0. The average Bonchev–Trinajstić information content (AvgIpc) is 2.37. The Hall–Kier alpha value is -1.97. The van der Waals surface area contributed by atoms with Gasteiger partial charge in [0, 0.05) is 0 Å². The zero-order valence-electron chi connectivity index (χ0n) is 10.4. The van der Waals surface area contributed by atoms with Crippen LogP contribution in [0.4, 0.5) is 13.2 Å². The molecule has 0 radical (unpaired) electrons. The summed E-state index contributed by atoms with van der Waals surface area (Å²) in [7, 11) is 0. The van der Waals surface area contributed by atoms with E-state index in [9.17, 15) is 13.2 Å². The lowest BCUT2D eigenvalue weighted by Crippen LogP contribution is -2.17. The van der Waals surface area contributed by atoms with Crippen molar-refractivity contribution in [2.45, 2.75) is 19.7 Å². The highest BCUT2D eigenvalue weighted by Gasteiger charge is 2.31.